The molecule has 2 amide bonds. The van der Waals surface area contributed by atoms with Crippen LogP contribution in [0.1, 0.15) is 26.3 Å². The maximum Gasteiger partial charge on any atom is 0.311 e. The van der Waals surface area contributed by atoms with Crippen molar-refractivity contribution in [3.63, 3.8) is 0 Å². The van der Waals surface area contributed by atoms with E-state index in [4.69, 9.17) is 10.5 Å². The molecule has 0 radical (unpaired) electrons. The Hall–Kier alpha value is -3.42. The summed E-state index contributed by atoms with van der Waals surface area (Å²) >= 11 is 0. The van der Waals surface area contributed by atoms with Gasteiger partial charge in [-0.15, -0.1) is 0 Å². The van der Waals surface area contributed by atoms with Gasteiger partial charge in [0.05, 0.1) is 12.0 Å². The van der Waals surface area contributed by atoms with Crippen LogP contribution in [0.3, 0.4) is 0 Å². The van der Waals surface area contributed by atoms with E-state index in [2.05, 4.69) is 5.32 Å². The molecule has 3 N–H and O–H groups in total. The Morgan fingerprint density at radius 1 is 1.21 bits per heavy atom. The van der Waals surface area contributed by atoms with Gasteiger partial charge < -0.3 is 15.8 Å². The van der Waals surface area contributed by atoms with Crippen molar-refractivity contribution in [2.24, 2.45) is 5.73 Å². The Morgan fingerprint density at radius 2 is 1.96 bits per heavy atom. The second-order valence-corrected chi connectivity index (χ2v) is 4.89. The highest BCUT2D eigenvalue weighted by molar-refractivity contribution is 5.95. The molecule has 8 nitrogen and oxygen atoms in total. The van der Waals surface area contributed by atoms with Crippen LogP contribution < -0.4 is 15.8 Å². The fraction of sp³-hybridized carbons (Fsp3) is 0.125. The van der Waals surface area contributed by atoms with Crippen molar-refractivity contribution < 1.29 is 19.2 Å². The second-order valence-electron chi connectivity index (χ2n) is 4.89. The number of primary amides is 1. The number of carbonyl (C=O) groups excluding carboxylic acids is 2. The first-order chi connectivity index (χ1) is 11.4. The third kappa shape index (κ3) is 3.86. The molecule has 0 bridgehead atoms. The molecule has 0 heterocycles. The number of benzene rings is 2. The molecule has 2 aromatic carbocycles. The average Bonchev–Trinajstić information content (AvgIpc) is 2.59. The van der Waals surface area contributed by atoms with E-state index in [9.17, 15) is 19.7 Å². The highest BCUT2D eigenvalue weighted by Gasteiger charge is 2.18. The fourth-order valence-electron chi connectivity index (χ4n) is 2.09. The molecule has 124 valence electrons. The molecule has 24 heavy (non-hydrogen) atoms. The molecule has 0 aliphatic heterocycles. The monoisotopic (exact) mass is 329 g/mol. The molecule has 2 rings (SSSR count). The van der Waals surface area contributed by atoms with Gasteiger partial charge in [0.25, 0.3) is 5.91 Å². The van der Waals surface area contributed by atoms with Gasteiger partial charge in [-0.3, -0.25) is 19.7 Å². The van der Waals surface area contributed by atoms with Crippen molar-refractivity contribution in [2.45, 2.75) is 6.54 Å². The van der Waals surface area contributed by atoms with Gasteiger partial charge in [-0.25, -0.2) is 0 Å². The zero-order chi connectivity index (χ0) is 17.7. The van der Waals surface area contributed by atoms with Crippen molar-refractivity contribution in [3.8, 4) is 5.75 Å². The Labute approximate surface area is 137 Å². The van der Waals surface area contributed by atoms with Crippen molar-refractivity contribution in [1.29, 1.82) is 0 Å². The van der Waals surface area contributed by atoms with E-state index in [1.807, 2.05) is 0 Å². The molecule has 0 fully saturated rings. The Kier molecular flexibility index (Phi) is 5.10. The third-order valence-electron chi connectivity index (χ3n) is 3.30. The molecule has 8 heteroatoms. The van der Waals surface area contributed by atoms with E-state index < -0.39 is 16.7 Å². The van der Waals surface area contributed by atoms with Crippen molar-refractivity contribution in [1.82, 2.24) is 5.32 Å². The Bertz CT molecular complexity index is 804. The van der Waals surface area contributed by atoms with Crippen LogP contribution >= 0.6 is 0 Å². The van der Waals surface area contributed by atoms with Crippen LogP contribution in [0.2, 0.25) is 0 Å². The highest BCUT2D eigenvalue weighted by atomic mass is 16.6. The number of nitro groups is 1. The SMILES string of the molecule is COc1ccc(C(=O)NCc2cccc(C(N)=O)c2)cc1[N+](=O)[O-]. The minimum Gasteiger partial charge on any atom is -0.490 e. The van der Waals surface area contributed by atoms with Gasteiger partial charge in [-0.2, -0.15) is 0 Å². The molecule has 0 spiro atoms. The zero-order valence-corrected chi connectivity index (χ0v) is 12.8. The van der Waals surface area contributed by atoms with Crippen LogP contribution in [0.25, 0.3) is 0 Å². The molecular weight excluding hydrogens is 314 g/mol. The molecule has 0 atom stereocenters. The van der Waals surface area contributed by atoms with Crippen LogP contribution in [0.15, 0.2) is 42.5 Å². The molecule has 0 saturated carbocycles. The maximum absolute atomic E-state index is 12.1. The standard InChI is InChI=1S/C16H15N3O5/c1-24-14-6-5-12(8-13(14)19(22)23)16(21)18-9-10-3-2-4-11(7-10)15(17)20/h2-8H,9H2,1H3,(H2,17,20)(H,18,21). The number of hydrogen-bond donors (Lipinski definition) is 2. The van der Waals surface area contributed by atoms with E-state index in [0.717, 1.165) is 6.07 Å². The molecule has 0 saturated heterocycles. The zero-order valence-electron chi connectivity index (χ0n) is 12.8. The lowest BCUT2D eigenvalue weighted by atomic mass is 10.1. The summed E-state index contributed by atoms with van der Waals surface area (Å²) in [5, 5.41) is 13.6. The van der Waals surface area contributed by atoms with Gasteiger partial charge in [-0.1, -0.05) is 12.1 Å². The van der Waals surface area contributed by atoms with Gasteiger partial charge in [-0.05, 0) is 29.8 Å². The predicted molar refractivity (Wildman–Crippen MR) is 85.8 cm³/mol. The third-order valence-corrected chi connectivity index (χ3v) is 3.30. The minimum absolute atomic E-state index is 0.0747. The largest absolute Gasteiger partial charge is 0.490 e. The number of nitro benzene ring substituents is 1. The van der Waals surface area contributed by atoms with Gasteiger partial charge in [0.15, 0.2) is 5.75 Å². The lowest BCUT2D eigenvalue weighted by Crippen LogP contribution is -2.23. The number of nitrogens with one attached hydrogen (secondary N) is 1. The van der Waals surface area contributed by atoms with E-state index in [-0.39, 0.29) is 23.5 Å². The van der Waals surface area contributed by atoms with Crippen LogP contribution in [0, 0.1) is 10.1 Å². The molecule has 0 unspecified atom stereocenters. The number of nitrogens with two attached hydrogens (primary N) is 1. The average molecular weight is 329 g/mol. The number of methoxy groups -OCH3 is 1. The van der Waals surface area contributed by atoms with Crippen LogP contribution in [0.4, 0.5) is 5.69 Å². The summed E-state index contributed by atoms with van der Waals surface area (Å²) in [7, 11) is 1.31. The number of hydrogen-bond acceptors (Lipinski definition) is 5. The molecule has 0 aliphatic rings. The molecular formula is C16H15N3O5. The van der Waals surface area contributed by atoms with E-state index in [1.165, 1.54) is 19.2 Å². The quantitative estimate of drug-likeness (QED) is 0.615. The number of rotatable bonds is 6. The van der Waals surface area contributed by atoms with Crippen molar-refractivity contribution in [3.05, 3.63) is 69.3 Å². The highest BCUT2D eigenvalue weighted by Crippen LogP contribution is 2.27. The van der Waals surface area contributed by atoms with Gasteiger partial charge in [0.1, 0.15) is 0 Å². The summed E-state index contributed by atoms with van der Waals surface area (Å²) in [4.78, 5) is 33.6. The topological polar surface area (TPSA) is 125 Å². The van der Waals surface area contributed by atoms with Crippen LogP contribution in [0.5, 0.6) is 5.75 Å². The Morgan fingerprint density at radius 3 is 2.58 bits per heavy atom. The first-order valence-electron chi connectivity index (χ1n) is 6.91. The summed E-state index contributed by atoms with van der Waals surface area (Å²) in [6.45, 7) is 0.153. The van der Waals surface area contributed by atoms with E-state index >= 15 is 0 Å². The van der Waals surface area contributed by atoms with E-state index in [0.29, 0.717) is 11.1 Å². The van der Waals surface area contributed by atoms with Crippen LogP contribution in [-0.2, 0) is 6.54 Å². The lowest BCUT2D eigenvalue weighted by molar-refractivity contribution is -0.385. The number of ether oxygens (including phenoxy) is 1. The number of nitrogens with zero attached hydrogens (tertiary/aromatic N) is 1. The summed E-state index contributed by atoms with van der Waals surface area (Å²) in [5.74, 6) is -0.968. The Balaban J connectivity index is 2.13. The van der Waals surface area contributed by atoms with Gasteiger partial charge in [0.2, 0.25) is 5.91 Å². The fourth-order valence-corrected chi connectivity index (χ4v) is 2.09. The summed E-state index contributed by atoms with van der Waals surface area (Å²) in [6.07, 6.45) is 0. The van der Waals surface area contributed by atoms with Gasteiger partial charge >= 0.3 is 5.69 Å². The molecule has 0 aliphatic carbocycles. The maximum atomic E-state index is 12.1. The first kappa shape index (κ1) is 16.9. The first-order valence-corrected chi connectivity index (χ1v) is 6.91. The number of carbonyl (C=O) groups is 2. The smallest absolute Gasteiger partial charge is 0.311 e. The normalized spacial score (nSPS) is 10.0. The minimum atomic E-state index is -0.619. The predicted octanol–water partition coefficient (Wildman–Crippen LogP) is 1.63. The van der Waals surface area contributed by atoms with E-state index in [1.54, 1.807) is 24.3 Å². The summed E-state index contributed by atoms with van der Waals surface area (Å²) in [5.41, 5.74) is 6.06. The summed E-state index contributed by atoms with van der Waals surface area (Å²) in [6, 6.07) is 10.5. The molecule has 0 aromatic heterocycles. The van der Waals surface area contributed by atoms with Crippen molar-refractivity contribution in [2.75, 3.05) is 7.11 Å². The molecule has 2 aromatic rings. The van der Waals surface area contributed by atoms with Crippen molar-refractivity contribution >= 4 is 17.5 Å². The van der Waals surface area contributed by atoms with Crippen LogP contribution in [-0.4, -0.2) is 23.8 Å². The lowest BCUT2D eigenvalue weighted by Gasteiger charge is -2.07. The number of amides is 2. The summed E-state index contributed by atoms with van der Waals surface area (Å²) < 4.78 is 4.89. The second kappa shape index (κ2) is 7.23. The van der Waals surface area contributed by atoms with Gasteiger partial charge in [0, 0.05) is 23.7 Å².